The molecule has 0 unspecified atom stereocenters. The van der Waals surface area contributed by atoms with Crippen LogP contribution >= 0.6 is 23.4 Å². The lowest BCUT2D eigenvalue weighted by Crippen LogP contribution is -2.10. The highest BCUT2D eigenvalue weighted by molar-refractivity contribution is 7.98. The number of nitro groups is 1. The zero-order valence-corrected chi connectivity index (χ0v) is 19.5. The van der Waals surface area contributed by atoms with Crippen LogP contribution in [0.4, 0.5) is 5.69 Å². The molecule has 0 N–H and O–H groups in total. The molecule has 0 fully saturated rings. The summed E-state index contributed by atoms with van der Waals surface area (Å²) in [6.07, 6.45) is 2.34. The minimum absolute atomic E-state index is 0.0706. The number of ether oxygens (including phenoxy) is 1. The van der Waals surface area contributed by atoms with E-state index in [1.54, 1.807) is 25.1 Å². The van der Waals surface area contributed by atoms with E-state index in [9.17, 15) is 14.9 Å². The van der Waals surface area contributed by atoms with Crippen LogP contribution in [-0.4, -0.2) is 44.2 Å². The summed E-state index contributed by atoms with van der Waals surface area (Å²) in [5.41, 5.74) is 2.24. The maximum Gasteiger partial charge on any atom is 0.305 e. The standard InChI is InChI=1S/C22H20ClN5O4S/c1-3-32-19(29)11-9-17-21-25-26-22(33-2)27(21)18-10-8-13(28(30)31)12-15(18)20(24-17)14-6-4-5-7-16(14)23/h4-8,10,12,17H,3,9,11H2,1-2H3/t17-/m0/s1. The zero-order valence-electron chi connectivity index (χ0n) is 17.9. The Morgan fingerprint density at radius 1 is 1.24 bits per heavy atom. The van der Waals surface area contributed by atoms with Crippen LogP contribution in [0.5, 0.6) is 0 Å². The molecule has 1 aliphatic heterocycles. The Kier molecular flexibility index (Phi) is 6.75. The van der Waals surface area contributed by atoms with E-state index in [-0.39, 0.29) is 18.1 Å². The Labute approximate surface area is 199 Å². The molecule has 0 bridgehead atoms. The van der Waals surface area contributed by atoms with E-state index in [0.29, 0.717) is 51.6 Å². The third-order valence-electron chi connectivity index (χ3n) is 5.17. The van der Waals surface area contributed by atoms with Gasteiger partial charge in [-0.2, -0.15) is 0 Å². The molecule has 1 atom stereocenters. The number of non-ortho nitro benzene ring substituents is 1. The van der Waals surface area contributed by atoms with E-state index in [4.69, 9.17) is 21.3 Å². The number of esters is 1. The summed E-state index contributed by atoms with van der Waals surface area (Å²) in [5, 5.41) is 21.3. The molecule has 4 rings (SSSR count). The van der Waals surface area contributed by atoms with Crippen LogP contribution in [-0.2, 0) is 9.53 Å². The SMILES string of the molecule is CCOC(=O)CC[C@@H]1N=C(c2ccccc2Cl)c2cc([N+](=O)[O-])ccc2-n2c(SC)nnc21. The fourth-order valence-electron chi connectivity index (χ4n) is 3.71. The molecule has 2 heterocycles. The van der Waals surface area contributed by atoms with E-state index < -0.39 is 11.0 Å². The summed E-state index contributed by atoms with van der Waals surface area (Å²) in [7, 11) is 0. The molecule has 0 amide bonds. The molecular weight excluding hydrogens is 466 g/mol. The fraction of sp³-hybridized carbons (Fsp3) is 0.273. The maximum absolute atomic E-state index is 12.1. The van der Waals surface area contributed by atoms with Gasteiger partial charge in [0.1, 0.15) is 6.04 Å². The number of rotatable bonds is 7. The van der Waals surface area contributed by atoms with E-state index in [1.807, 2.05) is 23.0 Å². The van der Waals surface area contributed by atoms with Crippen molar-refractivity contribution in [2.75, 3.05) is 12.9 Å². The number of benzene rings is 2. The quantitative estimate of drug-likeness (QED) is 0.205. The van der Waals surface area contributed by atoms with Crippen LogP contribution in [0.25, 0.3) is 5.69 Å². The normalized spacial score (nSPS) is 14.6. The number of halogens is 1. The molecule has 9 nitrogen and oxygen atoms in total. The summed E-state index contributed by atoms with van der Waals surface area (Å²) in [5.74, 6) is 0.210. The summed E-state index contributed by atoms with van der Waals surface area (Å²) in [6, 6.07) is 11.2. The average molecular weight is 486 g/mol. The molecule has 33 heavy (non-hydrogen) atoms. The first-order chi connectivity index (χ1) is 15.9. The first kappa shape index (κ1) is 22.9. The topological polar surface area (TPSA) is 113 Å². The van der Waals surface area contributed by atoms with Crippen molar-refractivity contribution < 1.29 is 14.5 Å². The predicted molar refractivity (Wildman–Crippen MR) is 125 cm³/mol. The minimum Gasteiger partial charge on any atom is -0.466 e. The van der Waals surface area contributed by atoms with Gasteiger partial charge in [0.2, 0.25) is 0 Å². The maximum atomic E-state index is 12.1. The van der Waals surface area contributed by atoms with E-state index in [0.717, 1.165) is 0 Å². The van der Waals surface area contributed by atoms with Gasteiger partial charge in [0, 0.05) is 34.7 Å². The van der Waals surface area contributed by atoms with E-state index >= 15 is 0 Å². The van der Waals surface area contributed by atoms with Gasteiger partial charge in [-0.1, -0.05) is 41.6 Å². The lowest BCUT2D eigenvalue weighted by molar-refractivity contribution is -0.384. The zero-order chi connectivity index (χ0) is 23.5. The number of aliphatic imine (C=N–C) groups is 1. The van der Waals surface area contributed by atoms with Gasteiger partial charge in [0.05, 0.1) is 22.9 Å². The number of aromatic nitrogens is 3. The monoisotopic (exact) mass is 485 g/mol. The number of nitrogens with zero attached hydrogens (tertiary/aromatic N) is 5. The van der Waals surface area contributed by atoms with Crippen molar-refractivity contribution in [3.8, 4) is 5.69 Å². The minimum atomic E-state index is -0.541. The number of hydrogen-bond donors (Lipinski definition) is 0. The van der Waals surface area contributed by atoms with E-state index in [2.05, 4.69) is 10.2 Å². The molecule has 0 spiro atoms. The van der Waals surface area contributed by atoms with Gasteiger partial charge in [0.25, 0.3) is 5.69 Å². The number of carbonyl (C=O) groups is 1. The summed E-state index contributed by atoms with van der Waals surface area (Å²) < 4.78 is 6.92. The van der Waals surface area contributed by atoms with E-state index in [1.165, 1.54) is 23.9 Å². The van der Waals surface area contributed by atoms with Gasteiger partial charge in [0.15, 0.2) is 11.0 Å². The Morgan fingerprint density at radius 2 is 2.03 bits per heavy atom. The Balaban J connectivity index is 1.96. The van der Waals surface area contributed by atoms with Crippen LogP contribution in [0, 0.1) is 10.1 Å². The van der Waals surface area contributed by atoms with Gasteiger partial charge < -0.3 is 4.74 Å². The van der Waals surface area contributed by atoms with Gasteiger partial charge in [-0.3, -0.25) is 24.5 Å². The van der Waals surface area contributed by atoms with Crippen LogP contribution in [0.2, 0.25) is 5.02 Å². The van der Waals surface area contributed by atoms with Gasteiger partial charge in [-0.15, -0.1) is 10.2 Å². The Bertz CT molecular complexity index is 1260. The number of carbonyl (C=O) groups excluding carboxylic acids is 1. The molecule has 11 heteroatoms. The first-order valence-corrected chi connectivity index (χ1v) is 11.8. The molecule has 1 aromatic heterocycles. The van der Waals surface area contributed by atoms with Gasteiger partial charge >= 0.3 is 5.97 Å². The Morgan fingerprint density at radius 3 is 2.73 bits per heavy atom. The van der Waals surface area contributed by atoms with Gasteiger partial charge in [-0.25, -0.2) is 0 Å². The van der Waals surface area contributed by atoms with Crippen molar-refractivity contribution in [1.82, 2.24) is 14.8 Å². The van der Waals surface area contributed by atoms with Crippen LogP contribution in [0.1, 0.15) is 42.8 Å². The van der Waals surface area contributed by atoms with Crippen LogP contribution in [0.3, 0.4) is 0 Å². The van der Waals surface area contributed by atoms with Crippen LogP contribution in [0.15, 0.2) is 52.6 Å². The van der Waals surface area contributed by atoms with Crippen LogP contribution < -0.4 is 0 Å². The van der Waals surface area contributed by atoms with Crippen molar-refractivity contribution in [3.63, 3.8) is 0 Å². The first-order valence-electron chi connectivity index (χ1n) is 10.2. The molecule has 0 aliphatic carbocycles. The largest absolute Gasteiger partial charge is 0.466 e. The highest BCUT2D eigenvalue weighted by atomic mass is 35.5. The van der Waals surface area contributed by atoms with Crippen molar-refractivity contribution in [1.29, 1.82) is 0 Å². The van der Waals surface area contributed by atoms with Crippen molar-refractivity contribution in [3.05, 3.63) is 74.6 Å². The molecule has 2 aromatic carbocycles. The lowest BCUT2D eigenvalue weighted by atomic mass is 9.99. The number of thioether (sulfide) groups is 1. The van der Waals surface area contributed by atoms with Crippen molar-refractivity contribution in [2.45, 2.75) is 31.0 Å². The lowest BCUT2D eigenvalue weighted by Gasteiger charge is -2.13. The third-order valence-corrected chi connectivity index (χ3v) is 6.13. The summed E-state index contributed by atoms with van der Waals surface area (Å²) in [4.78, 5) is 28.1. The second kappa shape index (κ2) is 9.72. The molecule has 1 aliphatic rings. The number of hydrogen-bond acceptors (Lipinski definition) is 8. The number of fused-ring (bicyclic) bond motifs is 3. The molecule has 0 saturated carbocycles. The molecule has 0 radical (unpaired) electrons. The number of nitro benzene ring substituents is 1. The summed E-state index contributed by atoms with van der Waals surface area (Å²) in [6.45, 7) is 2.04. The molecule has 0 saturated heterocycles. The van der Waals surface area contributed by atoms with Crippen molar-refractivity contribution >= 4 is 40.7 Å². The molecule has 170 valence electrons. The van der Waals surface area contributed by atoms with Crippen molar-refractivity contribution in [2.24, 2.45) is 4.99 Å². The predicted octanol–water partition coefficient (Wildman–Crippen LogP) is 4.79. The second-order valence-electron chi connectivity index (χ2n) is 7.16. The second-order valence-corrected chi connectivity index (χ2v) is 8.34. The molecular formula is C22H20ClN5O4S. The Hall–Kier alpha value is -3.24. The third kappa shape index (κ3) is 4.49. The summed E-state index contributed by atoms with van der Waals surface area (Å²) >= 11 is 7.91. The average Bonchev–Trinajstić information content (AvgIpc) is 3.18. The highest BCUT2D eigenvalue weighted by Crippen LogP contribution is 2.37. The van der Waals surface area contributed by atoms with Gasteiger partial charge in [-0.05, 0) is 31.7 Å². The molecule has 3 aromatic rings. The fourth-order valence-corrected chi connectivity index (χ4v) is 4.43. The smallest absolute Gasteiger partial charge is 0.305 e. The highest BCUT2D eigenvalue weighted by Gasteiger charge is 2.31.